The zero-order valence-electron chi connectivity index (χ0n) is 22.1. The van der Waals surface area contributed by atoms with Gasteiger partial charge in [-0.2, -0.15) is 0 Å². The number of nitrogens with zero attached hydrogens (tertiary/aromatic N) is 1. The highest BCUT2D eigenvalue weighted by Crippen LogP contribution is 2.48. The number of hydrogen-bond donors (Lipinski definition) is 2. The topological polar surface area (TPSA) is 127 Å². The minimum Gasteiger partial charge on any atom is -0.492 e. The normalized spacial score (nSPS) is 31.8. The van der Waals surface area contributed by atoms with Crippen LogP contribution < -0.4 is 14.2 Å². The molecule has 0 bridgehead atoms. The Morgan fingerprint density at radius 1 is 1.03 bits per heavy atom. The standard InChI is InChI=1S/C25H36NO10S/c1-11-9-16(30-6)19(28)25(33-11)35-20-13(3)12(2)18(21(31-7)22(20)32-8)24(29)37-23-14(4)34-17(36-26-5)10-15(23)27/h5,11,14-17,19,23,25,27-28H,9-10H2,1-4,6-8H3/q+1/t11-,14+,15-,16+,17-,19+,23+,25-/m0/s1. The molecule has 2 aliphatic rings. The van der Waals surface area contributed by atoms with Gasteiger partial charge in [0.2, 0.25) is 22.2 Å². The molecule has 0 radical (unpaired) electrons. The Labute approximate surface area is 221 Å². The van der Waals surface area contributed by atoms with Crippen LogP contribution in [0.4, 0.5) is 0 Å². The quantitative estimate of drug-likeness (QED) is 0.471. The highest BCUT2D eigenvalue weighted by Gasteiger charge is 2.42. The van der Waals surface area contributed by atoms with Gasteiger partial charge in [-0.15, -0.1) is 4.84 Å². The molecule has 2 heterocycles. The molecule has 2 saturated heterocycles. The molecule has 37 heavy (non-hydrogen) atoms. The number of aliphatic hydroxyl groups is 2. The van der Waals surface area contributed by atoms with Crippen LogP contribution in [0.25, 0.3) is 5.01 Å². The van der Waals surface area contributed by atoms with Crippen LogP contribution in [0.3, 0.4) is 0 Å². The predicted molar refractivity (Wildman–Crippen MR) is 135 cm³/mol. The van der Waals surface area contributed by atoms with E-state index in [0.717, 1.165) is 11.8 Å². The van der Waals surface area contributed by atoms with Crippen LogP contribution >= 0.6 is 11.8 Å². The maximum absolute atomic E-state index is 13.6. The first-order valence-corrected chi connectivity index (χ1v) is 12.8. The average Bonchev–Trinajstić information content (AvgIpc) is 2.85. The van der Waals surface area contributed by atoms with Crippen LogP contribution in [-0.2, 0) is 19.0 Å². The number of methoxy groups -OCH3 is 3. The number of ether oxygens (including phenoxy) is 6. The largest absolute Gasteiger partial charge is 0.492 e. The van der Waals surface area contributed by atoms with Crippen molar-refractivity contribution < 1.29 is 48.3 Å². The Balaban J connectivity index is 1.93. The van der Waals surface area contributed by atoms with E-state index in [9.17, 15) is 15.0 Å². The van der Waals surface area contributed by atoms with E-state index in [-0.39, 0.29) is 40.5 Å². The van der Waals surface area contributed by atoms with E-state index in [0.29, 0.717) is 17.5 Å². The highest BCUT2D eigenvalue weighted by atomic mass is 32.2. The Hall–Kier alpha value is -2.27. The fourth-order valence-corrected chi connectivity index (χ4v) is 5.78. The van der Waals surface area contributed by atoms with E-state index in [2.05, 4.69) is 5.01 Å². The molecule has 1 aromatic rings. The maximum atomic E-state index is 13.6. The number of carbonyl (C=O) groups excluding carboxylic acids is 1. The lowest BCUT2D eigenvalue weighted by atomic mass is 10.00. The molecule has 0 aliphatic carbocycles. The molecule has 2 fully saturated rings. The molecular formula is C25H36NO10S+. The molecule has 3 rings (SSSR count). The number of carbonyl (C=O) groups is 1. The zero-order valence-corrected chi connectivity index (χ0v) is 22.9. The smallest absolute Gasteiger partial charge is 0.335 e. The van der Waals surface area contributed by atoms with E-state index in [1.807, 2.05) is 6.92 Å². The third-order valence-electron chi connectivity index (χ3n) is 6.72. The van der Waals surface area contributed by atoms with Gasteiger partial charge in [-0.05, 0) is 38.8 Å². The fourth-order valence-electron chi connectivity index (χ4n) is 4.65. The first-order valence-electron chi connectivity index (χ1n) is 12.0. The van der Waals surface area contributed by atoms with Gasteiger partial charge in [0.1, 0.15) is 6.10 Å². The predicted octanol–water partition coefficient (Wildman–Crippen LogP) is 2.84. The molecule has 2 N–H and O–H groups in total. The van der Waals surface area contributed by atoms with Crippen LogP contribution in [0.15, 0.2) is 0 Å². The van der Waals surface area contributed by atoms with Gasteiger partial charge >= 0.3 is 6.57 Å². The van der Waals surface area contributed by atoms with E-state index >= 15 is 0 Å². The molecule has 0 saturated carbocycles. The number of rotatable bonds is 8. The summed E-state index contributed by atoms with van der Waals surface area (Å²) in [6.45, 7) is 12.2. The van der Waals surface area contributed by atoms with Crippen LogP contribution in [0, 0.1) is 20.4 Å². The Kier molecular flexibility index (Phi) is 9.91. The van der Waals surface area contributed by atoms with Crippen LogP contribution in [0.2, 0.25) is 0 Å². The summed E-state index contributed by atoms with van der Waals surface area (Å²) in [5.74, 6) is 0.636. The van der Waals surface area contributed by atoms with Crippen molar-refractivity contribution >= 4 is 16.9 Å². The summed E-state index contributed by atoms with van der Waals surface area (Å²) < 4.78 is 34.3. The van der Waals surface area contributed by atoms with Crippen molar-refractivity contribution in [1.29, 1.82) is 0 Å². The summed E-state index contributed by atoms with van der Waals surface area (Å²) in [6.07, 6.45) is -4.33. The number of aliphatic hydroxyl groups excluding tert-OH is 2. The first-order chi connectivity index (χ1) is 17.6. The Morgan fingerprint density at radius 3 is 2.27 bits per heavy atom. The average molecular weight is 543 g/mol. The third-order valence-corrected chi connectivity index (χ3v) is 8.11. The summed E-state index contributed by atoms with van der Waals surface area (Å²) in [7, 11) is 4.38. The Bertz CT molecular complexity index is 1000. The molecule has 1 aromatic carbocycles. The van der Waals surface area contributed by atoms with Gasteiger partial charge in [0.15, 0.2) is 11.5 Å². The second-order valence-electron chi connectivity index (χ2n) is 9.11. The number of benzene rings is 1. The summed E-state index contributed by atoms with van der Waals surface area (Å²) in [4.78, 5) is 18.5. The second-order valence-corrected chi connectivity index (χ2v) is 10.3. The van der Waals surface area contributed by atoms with Gasteiger partial charge in [-0.1, -0.05) is 11.8 Å². The van der Waals surface area contributed by atoms with Crippen molar-refractivity contribution in [3.8, 4) is 23.8 Å². The van der Waals surface area contributed by atoms with Crippen molar-refractivity contribution in [3.05, 3.63) is 21.7 Å². The van der Waals surface area contributed by atoms with Gasteiger partial charge in [-0.3, -0.25) is 4.79 Å². The van der Waals surface area contributed by atoms with E-state index < -0.39 is 42.2 Å². The van der Waals surface area contributed by atoms with Gasteiger partial charge in [0, 0.05) is 20.0 Å². The SMILES string of the molecule is C#[N+]O[C@H]1C[C@H](O)[C@H](SC(=O)c2c(C)c(C)c(O[C@@H]3O[C@@H](C)C[C@@H](OC)[C@H]3O)c(OC)c2OC)[C@@H](C)O1. The van der Waals surface area contributed by atoms with Gasteiger partial charge in [-0.25, -0.2) is 0 Å². The van der Waals surface area contributed by atoms with Crippen LogP contribution in [-0.4, -0.2) is 85.0 Å². The van der Waals surface area contributed by atoms with Crippen LogP contribution in [0.1, 0.15) is 48.2 Å². The van der Waals surface area contributed by atoms with Crippen molar-refractivity contribution in [2.45, 2.75) is 88.9 Å². The highest BCUT2D eigenvalue weighted by molar-refractivity contribution is 8.14. The lowest BCUT2D eigenvalue weighted by Crippen LogP contribution is -2.51. The molecular weight excluding hydrogens is 506 g/mol. The molecule has 0 aromatic heterocycles. The van der Waals surface area contributed by atoms with Crippen molar-refractivity contribution in [2.75, 3.05) is 21.3 Å². The number of hydrogen-bond acceptors (Lipinski definition) is 11. The summed E-state index contributed by atoms with van der Waals surface area (Å²) >= 11 is 0.938. The van der Waals surface area contributed by atoms with Crippen molar-refractivity contribution in [1.82, 2.24) is 0 Å². The lowest BCUT2D eigenvalue weighted by Gasteiger charge is -2.38. The molecule has 11 nitrogen and oxygen atoms in total. The van der Waals surface area contributed by atoms with Gasteiger partial charge in [0.25, 0.3) is 6.29 Å². The fraction of sp³-hybridized carbons (Fsp3) is 0.680. The van der Waals surface area contributed by atoms with Crippen molar-refractivity contribution in [2.24, 2.45) is 0 Å². The minimum atomic E-state index is -1.04. The molecule has 0 spiro atoms. The molecule has 2 aliphatic heterocycles. The Morgan fingerprint density at radius 2 is 1.70 bits per heavy atom. The van der Waals surface area contributed by atoms with Gasteiger partial charge in [0.05, 0.1) is 49.4 Å². The minimum absolute atomic E-state index is 0.103. The van der Waals surface area contributed by atoms with Gasteiger partial charge < -0.3 is 38.6 Å². The summed E-state index contributed by atoms with van der Waals surface area (Å²) in [6, 6.07) is 0. The number of thioether (sulfide) groups is 1. The molecule has 0 amide bonds. The molecule has 8 atom stereocenters. The monoisotopic (exact) mass is 542 g/mol. The van der Waals surface area contributed by atoms with Crippen LogP contribution in [0.5, 0.6) is 17.2 Å². The lowest BCUT2D eigenvalue weighted by molar-refractivity contribution is -0.236. The maximum Gasteiger partial charge on any atom is 0.335 e. The third kappa shape index (κ3) is 6.08. The van der Waals surface area contributed by atoms with E-state index in [1.54, 1.807) is 20.8 Å². The second kappa shape index (κ2) is 12.5. The van der Waals surface area contributed by atoms with E-state index in [4.69, 9.17) is 39.8 Å². The molecule has 206 valence electrons. The zero-order chi connectivity index (χ0) is 27.4. The van der Waals surface area contributed by atoms with Crippen molar-refractivity contribution in [3.63, 3.8) is 0 Å². The first kappa shape index (κ1) is 29.3. The molecule has 0 unspecified atom stereocenters. The molecule has 12 heteroatoms. The summed E-state index contributed by atoms with van der Waals surface area (Å²) in [5.41, 5.74) is 1.47. The van der Waals surface area contributed by atoms with E-state index in [1.165, 1.54) is 21.3 Å². The summed E-state index contributed by atoms with van der Waals surface area (Å²) in [5, 5.41) is 23.6.